The molecule has 2 aromatic rings. The van der Waals surface area contributed by atoms with Gasteiger partial charge in [-0.25, -0.2) is 0 Å². The molecule has 0 unspecified atom stereocenters. The van der Waals surface area contributed by atoms with Crippen molar-refractivity contribution in [1.82, 2.24) is 4.90 Å². The lowest BCUT2D eigenvalue weighted by atomic mass is 9.95. The zero-order valence-corrected chi connectivity index (χ0v) is 16.3. The third-order valence-corrected chi connectivity index (χ3v) is 5.51. The first kappa shape index (κ1) is 18.8. The van der Waals surface area contributed by atoms with Gasteiger partial charge in [-0.2, -0.15) is 0 Å². The van der Waals surface area contributed by atoms with E-state index < -0.39 is 0 Å². The molecule has 1 N–H and O–H groups in total. The monoisotopic (exact) mass is 398 g/mol. The molecular weight excluding hydrogens is 376 g/mol. The largest absolute Gasteiger partial charge is 0.455 e. The topological polar surface area (TPSA) is 58.6 Å². The summed E-state index contributed by atoms with van der Waals surface area (Å²) in [4.78, 5) is 26.9. The SMILES string of the molecule is O=C(Nc1cc(Cl)ccc1Oc1ccccc1)C1CCN(C(=O)C2CC2)CC1. The molecule has 1 saturated carbocycles. The molecule has 0 radical (unpaired) electrons. The minimum Gasteiger partial charge on any atom is -0.455 e. The summed E-state index contributed by atoms with van der Waals surface area (Å²) in [6.45, 7) is 1.30. The Morgan fingerprint density at radius 1 is 0.964 bits per heavy atom. The highest BCUT2D eigenvalue weighted by atomic mass is 35.5. The van der Waals surface area contributed by atoms with Crippen molar-refractivity contribution < 1.29 is 14.3 Å². The number of carbonyl (C=O) groups is 2. The summed E-state index contributed by atoms with van der Waals surface area (Å²) >= 11 is 6.13. The van der Waals surface area contributed by atoms with Gasteiger partial charge in [0.15, 0.2) is 5.75 Å². The summed E-state index contributed by atoms with van der Waals surface area (Å²) in [5.74, 6) is 1.55. The quantitative estimate of drug-likeness (QED) is 0.792. The standard InChI is InChI=1S/C22H23ClN2O3/c23-17-8-9-20(28-18-4-2-1-3-5-18)19(14-17)24-21(26)15-10-12-25(13-11-15)22(27)16-6-7-16/h1-5,8-9,14-16H,6-7,10-13H2,(H,24,26). The van der Waals surface area contributed by atoms with Crippen molar-refractivity contribution in [2.24, 2.45) is 11.8 Å². The van der Waals surface area contributed by atoms with Gasteiger partial charge < -0.3 is 15.0 Å². The molecule has 0 aromatic heterocycles. The Balaban J connectivity index is 1.40. The molecule has 2 fully saturated rings. The third kappa shape index (κ3) is 4.47. The van der Waals surface area contributed by atoms with Crippen molar-refractivity contribution in [3.63, 3.8) is 0 Å². The van der Waals surface area contributed by atoms with E-state index in [9.17, 15) is 9.59 Å². The van der Waals surface area contributed by atoms with Crippen LogP contribution in [0.2, 0.25) is 5.02 Å². The van der Waals surface area contributed by atoms with Gasteiger partial charge in [-0.1, -0.05) is 29.8 Å². The maximum absolute atomic E-state index is 12.8. The van der Waals surface area contributed by atoms with Crippen molar-refractivity contribution in [1.29, 1.82) is 0 Å². The van der Waals surface area contributed by atoms with E-state index in [0.717, 1.165) is 12.8 Å². The van der Waals surface area contributed by atoms with E-state index in [-0.39, 0.29) is 23.7 Å². The van der Waals surface area contributed by atoms with E-state index in [2.05, 4.69) is 5.32 Å². The van der Waals surface area contributed by atoms with Crippen molar-refractivity contribution in [3.05, 3.63) is 53.6 Å². The van der Waals surface area contributed by atoms with Gasteiger partial charge in [-0.05, 0) is 56.0 Å². The Kier molecular flexibility index (Phi) is 5.53. The second kappa shape index (κ2) is 8.23. The van der Waals surface area contributed by atoms with Crippen LogP contribution in [0.4, 0.5) is 5.69 Å². The van der Waals surface area contributed by atoms with Gasteiger partial charge in [0.1, 0.15) is 5.75 Å². The Morgan fingerprint density at radius 2 is 1.68 bits per heavy atom. The number of nitrogens with one attached hydrogen (secondary N) is 1. The van der Waals surface area contributed by atoms with E-state index in [4.69, 9.17) is 16.3 Å². The summed E-state index contributed by atoms with van der Waals surface area (Å²) in [6.07, 6.45) is 3.38. The average molecular weight is 399 g/mol. The van der Waals surface area contributed by atoms with Gasteiger partial charge in [-0.15, -0.1) is 0 Å². The third-order valence-electron chi connectivity index (χ3n) is 5.27. The lowest BCUT2D eigenvalue weighted by Crippen LogP contribution is -2.42. The van der Waals surface area contributed by atoms with Crippen LogP contribution in [0.25, 0.3) is 0 Å². The molecule has 0 atom stereocenters. The number of para-hydroxylation sites is 1. The van der Waals surface area contributed by atoms with Crippen LogP contribution in [-0.2, 0) is 9.59 Å². The van der Waals surface area contributed by atoms with Crippen LogP contribution in [0, 0.1) is 11.8 Å². The van der Waals surface area contributed by atoms with E-state index in [0.29, 0.717) is 48.1 Å². The lowest BCUT2D eigenvalue weighted by molar-refractivity contribution is -0.135. The number of hydrogen-bond acceptors (Lipinski definition) is 3. The Labute approximate surface area is 169 Å². The van der Waals surface area contributed by atoms with Gasteiger partial charge in [-0.3, -0.25) is 9.59 Å². The zero-order valence-electron chi connectivity index (χ0n) is 15.6. The van der Waals surface area contributed by atoms with Crippen LogP contribution in [0.3, 0.4) is 0 Å². The molecule has 146 valence electrons. The van der Waals surface area contributed by atoms with E-state index >= 15 is 0 Å². The molecule has 1 aliphatic heterocycles. The summed E-state index contributed by atoms with van der Waals surface area (Å²) in [6, 6.07) is 14.6. The molecule has 1 heterocycles. The lowest BCUT2D eigenvalue weighted by Gasteiger charge is -2.31. The minimum absolute atomic E-state index is 0.0568. The first-order valence-corrected chi connectivity index (χ1v) is 10.1. The normalized spacial score (nSPS) is 17.2. The Bertz CT molecular complexity index is 859. The molecule has 0 bridgehead atoms. The molecule has 1 aliphatic carbocycles. The summed E-state index contributed by atoms with van der Waals surface area (Å²) in [7, 11) is 0. The van der Waals surface area contributed by atoms with Crippen LogP contribution in [0.1, 0.15) is 25.7 Å². The predicted molar refractivity (Wildman–Crippen MR) is 109 cm³/mol. The molecule has 4 rings (SSSR count). The molecule has 1 saturated heterocycles. The van der Waals surface area contributed by atoms with Crippen LogP contribution in [-0.4, -0.2) is 29.8 Å². The highest BCUT2D eigenvalue weighted by molar-refractivity contribution is 6.31. The van der Waals surface area contributed by atoms with Gasteiger partial charge >= 0.3 is 0 Å². The number of piperidine rings is 1. The molecule has 2 aliphatic rings. The molecule has 2 aromatic carbocycles. The van der Waals surface area contributed by atoms with Crippen LogP contribution < -0.4 is 10.1 Å². The van der Waals surface area contributed by atoms with E-state index in [1.165, 1.54) is 0 Å². The van der Waals surface area contributed by atoms with Crippen molar-refractivity contribution >= 4 is 29.1 Å². The minimum atomic E-state index is -0.119. The van der Waals surface area contributed by atoms with Crippen molar-refractivity contribution in [2.75, 3.05) is 18.4 Å². The molecular formula is C22H23ClN2O3. The van der Waals surface area contributed by atoms with Gasteiger partial charge in [0.25, 0.3) is 0 Å². The Morgan fingerprint density at radius 3 is 2.36 bits per heavy atom. The number of anilines is 1. The fourth-order valence-electron chi connectivity index (χ4n) is 3.49. The second-order valence-corrected chi connectivity index (χ2v) is 7.86. The summed E-state index contributed by atoms with van der Waals surface area (Å²) in [5.41, 5.74) is 0.554. The zero-order chi connectivity index (χ0) is 19.5. The maximum atomic E-state index is 12.8. The maximum Gasteiger partial charge on any atom is 0.227 e. The highest BCUT2D eigenvalue weighted by Crippen LogP contribution is 2.34. The molecule has 6 heteroatoms. The molecule has 28 heavy (non-hydrogen) atoms. The van der Waals surface area contributed by atoms with Crippen molar-refractivity contribution in [3.8, 4) is 11.5 Å². The molecule has 5 nitrogen and oxygen atoms in total. The summed E-state index contributed by atoms with van der Waals surface area (Å²) < 4.78 is 5.91. The second-order valence-electron chi connectivity index (χ2n) is 7.42. The fraction of sp³-hybridized carbons (Fsp3) is 0.364. The number of amides is 2. The van der Waals surface area contributed by atoms with Crippen molar-refractivity contribution in [2.45, 2.75) is 25.7 Å². The number of carbonyl (C=O) groups excluding carboxylic acids is 2. The van der Waals surface area contributed by atoms with Crippen LogP contribution in [0.5, 0.6) is 11.5 Å². The summed E-state index contributed by atoms with van der Waals surface area (Å²) in [5, 5.41) is 3.50. The first-order chi connectivity index (χ1) is 13.6. The number of likely N-dealkylation sites (tertiary alicyclic amines) is 1. The van der Waals surface area contributed by atoms with Crippen LogP contribution in [0.15, 0.2) is 48.5 Å². The first-order valence-electron chi connectivity index (χ1n) is 9.72. The number of ether oxygens (including phenoxy) is 1. The van der Waals surface area contributed by atoms with Crippen LogP contribution >= 0.6 is 11.6 Å². The number of halogens is 1. The number of benzene rings is 2. The number of nitrogens with zero attached hydrogens (tertiary/aromatic N) is 1. The number of rotatable bonds is 5. The molecule has 2 amide bonds. The van der Waals surface area contributed by atoms with Gasteiger partial charge in [0.2, 0.25) is 11.8 Å². The van der Waals surface area contributed by atoms with E-state index in [1.807, 2.05) is 35.2 Å². The fourth-order valence-corrected chi connectivity index (χ4v) is 3.66. The van der Waals surface area contributed by atoms with E-state index in [1.54, 1.807) is 18.2 Å². The molecule has 0 spiro atoms. The average Bonchev–Trinajstić information content (AvgIpc) is 3.56. The highest BCUT2D eigenvalue weighted by Gasteiger charge is 2.36. The van der Waals surface area contributed by atoms with Gasteiger partial charge in [0.05, 0.1) is 5.69 Å². The smallest absolute Gasteiger partial charge is 0.227 e. The number of hydrogen-bond donors (Lipinski definition) is 1. The Hall–Kier alpha value is -2.53. The predicted octanol–water partition coefficient (Wildman–Crippen LogP) is 4.72. The van der Waals surface area contributed by atoms with Gasteiger partial charge in [0, 0.05) is 29.9 Å².